The van der Waals surface area contributed by atoms with Crippen molar-refractivity contribution in [1.29, 1.82) is 0 Å². The van der Waals surface area contributed by atoms with Crippen LogP contribution in [0.5, 0.6) is 0 Å². The summed E-state index contributed by atoms with van der Waals surface area (Å²) >= 11 is 0. The lowest BCUT2D eigenvalue weighted by Gasteiger charge is -2.31. The van der Waals surface area contributed by atoms with E-state index in [1.54, 1.807) is 0 Å². The van der Waals surface area contributed by atoms with E-state index in [0.717, 1.165) is 44.6 Å². The topological polar surface area (TPSA) is 61.4 Å². The molecule has 0 amide bonds. The van der Waals surface area contributed by atoms with Gasteiger partial charge >= 0.3 is 0 Å². The maximum atomic E-state index is 4.55. The van der Waals surface area contributed by atoms with E-state index in [1.807, 2.05) is 27.6 Å². The molecule has 0 radical (unpaired) electrons. The Kier molecular flexibility index (Phi) is 2.64. The third-order valence-electron chi connectivity index (χ3n) is 6.61. The number of hydrogen-bond acceptors (Lipinski definition) is 4. The number of benzene rings is 4. The van der Waals surface area contributed by atoms with E-state index in [2.05, 4.69) is 81.3 Å². The van der Waals surface area contributed by atoms with Crippen molar-refractivity contribution in [1.82, 2.24) is 30.0 Å². The number of nitrogens with zero attached hydrogens (tertiary/aromatic N) is 6. The molecule has 6 aromatic rings. The van der Waals surface area contributed by atoms with Gasteiger partial charge in [0, 0.05) is 0 Å². The van der Waals surface area contributed by atoms with Gasteiger partial charge in [-0.3, -0.25) is 0 Å². The van der Waals surface area contributed by atoms with E-state index in [-0.39, 0.29) is 6.71 Å². The summed E-state index contributed by atoms with van der Waals surface area (Å²) in [6, 6.07) is 27.5. The largest absolute Gasteiger partial charge is 0.252 e. The summed E-state index contributed by atoms with van der Waals surface area (Å²) in [6.07, 6.45) is 0. The zero-order valence-corrected chi connectivity index (χ0v) is 16.3. The van der Waals surface area contributed by atoms with Crippen LogP contribution >= 0.6 is 0 Å². The van der Waals surface area contributed by atoms with E-state index in [0.29, 0.717) is 0 Å². The second-order valence-electron chi connectivity index (χ2n) is 8.16. The molecule has 0 saturated heterocycles. The highest BCUT2D eigenvalue weighted by Gasteiger charge is 2.40. The first kappa shape index (κ1) is 15.6. The summed E-state index contributed by atoms with van der Waals surface area (Å²) in [5.74, 6) is 0. The highest BCUT2D eigenvalue weighted by atomic mass is 15.4. The molecular weight excluding hydrogens is 383 g/mol. The van der Waals surface area contributed by atoms with Crippen molar-refractivity contribution in [3.63, 3.8) is 0 Å². The van der Waals surface area contributed by atoms with Crippen LogP contribution in [0.2, 0.25) is 0 Å². The molecule has 31 heavy (non-hydrogen) atoms. The van der Waals surface area contributed by atoms with E-state index in [1.165, 1.54) is 16.4 Å². The average molecular weight is 396 g/mol. The number of rotatable bonds is 1. The summed E-state index contributed by atoms with van der Waals surface area (Å²) in [4.78, 5) is 0. The Bertz CT molecular complexity index is 1600. The van der Waals surface area contributed by atoms with Crippen LogP contribution < -0.4 is 16.4 Å². The van der Waals surface area contributed by atoms with Gasteiger partial charge in [-0.15, -0.1) is 10.2 Å². The molecule has 0 atom stereocenters. The quantitative estimate of drug-likeness (QED) is 0.398. The molecule has 6 nitrogen and oxygen atoms in total. The van der Waals surface area contributed by atoms with Crippen molar-refractivity contribution >= 4 is 45.2 Å². The number of fused-ring (bicyclic) bond motifs is 4. The molecule has 7 heteroatoms. The van der Waals surface area contributed by atoms with Crippen LogP contribution in [0.1, 0.15) is 0 Å². The van der Waals surface area contributed by atoms with Crippen LogP contribution in [0, 0.1) is 0 Å². The second kappa shape index (κ2) is 5.26. The Balaban J connectivity index is 1.60. The van der Waals surface area contributed by atoms with Gasteiger partial charge in [0.05, 0.1) is 22.4 Å². The molecule has 0 saturated carbocycles. The molecule has 2 aliphatic rings. The second-order valence-corrected chi connectivity index (χ2v) is 8.16. The van der Waals surface area contributed by atoms with Crippen molar-refractivity contribution in [3.8, 4) is 22.5 Å². The van der Waals surface area contributed by atoms with Crippen molar-refractivity contribution in [2.24, 2.45) is 0 Å². The molecule has 142 valence electrons. The van der Waals surface area contributed by atoms with Crippen LogP contribution in [0.3, 0.4) is 0 Å². The van der Waals surface area contributed by atoms with Gasteiger partial charge in [0.1, 0.15) is 11.0 Å². The van der Waals surface area contributed by atoms with E-state index in [4.69, 9.17) is 0 Å². The maximum absolute atomic E-state index is 4.55. The van der Waals surface area contributed by atoms with Gasteiger partial charge in [-0.25, -0.2) is 9.36 Å². The molecule has 4 heterocycles. The molecule has 2 aromatic heterocycles. The van der Waals surface area contributed by atoms with Crippen LogP contribution in [-0.4, -0.2) is 36.7 Å². The average Bonchev–Trinajstić information content (AvgIpc) is 3.46. The first-order chi connectivity index (χ1) is 15.4. The first-order valence-electron chi connectivity index (χ1n) is 10.3. The molecule has 0 aliphatic carbocycles. The Morgan fingerprint density at radius 1 is 0.581 bits per heavy atom. The SMILES string of the molecule is c1ccc(-c2cc3c4c(c2)-n2nnc5cccc(c52)B4c2cccc4nnn-3c24)cc1. The van der Waals surface area contributed by atoms with Gasteiger partial charge in [0.25, 0.3) is 6.71 Å². The van der Waals surface area contributed by atoms with Crippen molar-refractivity contribution < 1.29 is 0 Å². The van der Waals surface area contributed by atoms with Crippen LogP contribution in [0.25, 0.3) is 44.6 Å². The lowest BCUT2D eigenvalue weighted by Crippen LogP contribution is -2.59. The normalized spacial score (nSPS) is 13.1. The summed E-state index contributed by atoms with van der Waals surface area (Å²) in [5.41, 5.74) is 12.0. The lowest BCUT2D eigenvalue weighted by molar-refractivity contribution is 0.811. The fourth-order valence-electron chi connectivity index (χ4n) is 5.34. The van der Waals surface area contributed by atoms with Gasteiger partial charge in [-0.05, 0) is 51.8 Å². The van der Waals surface area contributed by atoms with Gasteiger partial charge in [-0.1, -0.05) is 65.0 Å². The first-order valence-corrected chi connectivity index (χ1v) is 10.3. The molecule has 2 aliphatic heterocycles. The summed E-state index contributed by atoms with van der Waals surface area (Å²) < 4.78 is 3.99. The molecular formula is C24H13BN6. The molecule has 0 N–H and O–H groups in total. The van der Waals surface area contributed by atoms with Crippen LogP contribution in [0.15, 0.2) is 78.9 Å². The minimum Gasteiger partial charge on any atom is -0.214 e. The summed E-state index contributed by atoms with van der Waals surface area (Å²) in [5, 5.41) is 18.0. The Labute approximate surface area is 176 Å². The summed E-state index contributed by atoms with van der Waals surface area (Å²) in [7, 11) is 0. The Morgan fingerprint density at radius 2 is 1.16 bits per heavy atom. The molecule has 0 bridgehead atoms. The van der Waals surface area contributed by atoms with Crippen LogP contribution in [0.4, 0.5) is 0 Å². The summed E-state index contributed by atoms with van der Waals surface area (Å²) in [6.45, 7) is 0.0965. The minimum absolute atomic E-state index is 0.0965. The Morgan fingerprint density at radius 3 is 1.74 bits per heavy atom. The molecule has 0 unspecified atom stereocenters. The molecule has 4 aromatic carbocycles. The number of para-hydroxylation sites is 2. The van der Waals surface area contributed by atoms with Gasteiger partial charge < -0.3 is 0 Å². The van der Waals surface area contributed by atoms with Crippen LogP contribution in [-0.2, 0) is 0 Å². The minimum atomic E-state index is 0.0965. The lowest BCUT2D eigenvalue weighted by atomic mass is 9.34. The van der Waals surface area contributed by atoms with Gasteiger partial charge in [-0.2, -0.15) is 0 Å². The third kappa shape index (κ3) is 1.80. The fourth-order valence-corrected chi connectivity index (χ4v) is 5.34. The monoisotopic (exact) mass is 396 g/mol. The van der Waals surface area contributed by atoms with E-state index < -0.39 is 0 Å². The number of hydrogen-bond donors (Lipinski definition) is 0. The Hall–Kier alpha value is -4.26. The van der Waals surface area contributed by atoms with Gasteiger partial charge in [0.2, 0.25) is 0 Å². The zero-order chi connectivity index (χ0) is 20.1. The molecule has 0 fully saturated rings. The predicted octanol–water partition coefficient (Wildman–Crippen LogP) is 1.96. The van der Waals surface area contributed by atoms with E-state index >= 15 is 0 Å². The van der Waals surface area contributed by atoms with Crippen molar-refractivity contribution in [3.05, 3.63) is 78.9 Å². The smallest absolute Gasteiger partial charge is 0.214 e. The van der Waals surface area contributed by atoms with Crippen molar-refractivity contribution in [2.75, 3.05) is 0 Å². The maximum Gasteiger partial charge on any atom is 0.252 e. The highest BCUT2D eigenvalue weighted by Crippen LogP contribution is 2.31. The standard InChI is InChI=1S/C24H13BN6/c1-2-6-14(7-3-1)15-12-20-22-21(13-15)31-24-17(9-5-11-19(24)27-29-31)25(22)16-8-4-10-18-23(16)30(20)28-26-18/h1-13H. The molecule has 8 rings (SSSR count). The van der Waals surface area contributed by atoms with Crippen molar-refractivity contribution in [2.45, 2.75) is 0 Å². The zero-order valence-electron chi connectivity index (χ0n) is 16.3. The predicted molar refractivity (Wildman–Crippen MR) is 121 cm³/mol. The highest BCUT2D eigenvalue weighted by molar-refractivity contribution is 7.00. The fraction of sp³-hybridized carbons (Fsp3) is 0. The number of aromatic nitrogens is 6. The van der Waals surface area contributed by atoms with E-state index in [9.17, 15) is 0 Å². The molecule has 0 spiro atoms. The third-order valence-corrected chi connectivity index (χ3v) is 6.61. The van der Waals surface area contributed by atoms with Gasteiger partial charge in [0.15, 0.2) is 0 Å².